The van der Waals surface area contributed by atoms with Gasteiger partial charge in [-0.15, -0.1) is 0 Å². The number of amides is 1. The highest BCUT2D eigenvalue weighted by atomic mass is 16.5. The summed E-state index contributed by atoms with van der Waals surface area (Å²) in [5, 5.41) is 7.32. The van der Waals surface area contributed by atoms with Gasteiger partial charge in [0.25, 0.3) is 0 Å². The van der Waals surface area contributed by atoms with Gasteiger partial charge in [-0.25, -0.2) is 0 Å². The van der Waals surface area contributed by atoms with Gasteiger partial charge in [0.2, 0.25) is 5.91 Å². The van der Waals surface area contributed by atoms with Gasteiger partial charge in [0.1, 0.15) is 0 Å². The first kappa shape index (κ1) is 15.1. The molecule has 1 amide bonds. The molecule has 22 heavy (non-hydrogen) atoms. The number of hydrogen-bond acceptors (Lipinski definition) is 4. The number of nitrogens with zero attached hydrogens (tertiary/aromatic N) is 2. The molecule has 2 aliphatic rings. The fourth-order valence-corrected chi connectivity index (χ4v) is 3.86. The normalized spacial score (nSPS) is 23.6. The van der Waals surface area contributed by atoms with Gasteiger partial charge in [-0.05, 0) is 37.7 Å². The molecule has 6 heteroatoms. The average Bonchev–Trinajstić information content (AvgIpc) is 3.12. The van der Waals surface area contributed by atoms with Crippen molar-refractivity contribution in [3.05, 3.63) is 17.5 Å². The predicted molar refractivity (Wildman–Crippen MR) is 80.3 cm³/mol. The van der Waals surface area contributed by atoms with Gasteiger partial charge in [0.05, 0.1) is 13.3 Å². The monoisotopic (exact) mass is 305 g/mol. The molecule has 0 bridgehead atoms. The lowest BCUT2D eigenvalue weighted by molar-refractivity contribution is -0.141. The minimum Gasteiger partial charge on any atom is -0.469 e. The number of rotatable bonds is 4. The number of fused-ring (bicyclic) bond motifs is 2. The van der Waals surface area contributed by atoms with E-state index in [4.69, 9.17) is 0 Å². The maximum absolute atomic E-state index is 12.4. The minimum atomic E-state index is -0.249. The second-order valence-electron chi connectivity index (χ2n) is 6.40. The van der Waals surface area contributed by atoms with Crippen molar-refractivity contribution in [1.29, 1.82) is 0 Å². The van der Waals surface area contributed by atoms with E-state index in [9.17, 15) is 9.59 Å². The molecule has 3 rings (SSSR count). The van der Waals surface area contributed by atoms with Crippen LogP contribution in [0.25, 0.3) is 0 Å². The fourth-order valence-electron chi connectivity index (χ4n) is 3.86. The Hall–Kier alpha value is -1.85. The Kier molecular flexibility index (Phi) is 4.18. The summed E-state index contributed by atoms with van der Waals surface area (Å²) in [6, 6.07) is 0. The Morgan fingerprint density at radius 2 is 2.27 bits per heavy atom. The summed E-state index contributed by atoms with van der Waals surface area (Å²) in [6.07, 6.45) is 7.51. The third-order valence-corrected chi connectivity index (χ3v) is 5.05. The van der Waals surface area contributed by atoms with Crippen molar-refractivity contribution in [2.45, 2.75) is 50.4 Å². The molecular formula is C16H23N3O3. The van der Waals surface area contributed by atoms with Crippen molar-refractivity contribution in [2.24, 2.45) is 0 Å². The second kappa shape index (κ2) is 6.10. The summed E-state index contributed by atoms with van der Waals surface area (Å²) in [7, 11) is 1.38. The Bertz CT molecular complexity index is 569. The Labute approximate surface area is 130 Å². The number of aromatic amines is 1. The van der Waals surface area contributed by atoms with E-state index in [1.165, 1.54) is 18.4 Å². The topological polar surface area (TPSA) is 75.3 Å². The number of esters is 1. The summed E-state index contributed by atoms with van der Waals surface area (Å²) in [5.74, 6) is -0.100. The van der Waals surface area contributed by atoms with E-state index in [-0.39, 0.29) is 17.3 Å². The molecule has 1 unspecified atom stereocenters. The summed E-state index contributed by atoms with van der Waals surface area (Å²) in [6.45, 7) is 1.60. The third-order valence-electron chi connectivity index (χ3n) is 5.05. The molecule has 1 saturated heterocycles. The SMILES string of the molecule is COC(=O)CCCC(=O)N1CCCC2(CCc3cn[nH]c32)C1. The highest BCUT2D eigenvalue weighted by molar-refractivity contribution is 5.77. The van der Waals surface area contributed by atoms with Crippen molar-refractivity contribution in [1.82, 2.24) is 15.1 Å². The van der Waals surface area contributed by atoms with Crippen LogP contribution in [0.3, 0.4) is 0 Å². The maximum atomic E-state index is 12.4. The lowest BCUT2D eigenvalue weighted by Crippen LogP contribution is -2.47. The van der Waals surface area contributed by atoms with E-state index in [1.54, 1.807) is 0 Å². The summed E-state index contributed by atoms with van der Waals surface area (Å²) < 4.78 is 4.61. The number of methoxy groups -OCH3 is 1. The molecule has 1 spiro atoms. The molecule has 1 aliphatic carbocycles. The van der Waals surface area contributed by atoms with Crippen LogP contribution in [0.5, 0.6) is 0 Å². The summed E-state index contributed by atoms with van der Waals surface area (Å²) >= 11 is 0. The quantitative estimate of drug-likeness (QED) is 0.857. The van der Waals surface area contributed by atoms with E-state index in [0.717, 1.165) is 38.8 Å². The van der Waals surface area contributed by atoms with Gasteiger partial charge < -0.3 is 9.64 Å². The molecule has 6 nitrogen and oxygen atoms in total. The Morgan fingerprint density at radius 1 is 1.41 bits per heavy atom. The third kappa shape index (κ3) is 2.74. The number of likely N-dealkylation sites (tertiary alicyclic amines) is 1. The van der Waals surface area contributed by atoms with Crippen LogP contribution in [-0.2, 0) is 26.2 Å². The lowest BCUT2D eigenvalue weighted by Gasteiger charge is -2.40. The van der Waals surface area contributed by atoms with Crippen LogP contribution in [0.2, 0.25) is 0 Å². The molecule has 2 heterocycles. The van der Waals surface area contributed by atoms with E-state index >= 15 is 0 Å². The van der Waals surface area contributed by atoms with Crippen LogP contribution in [0.1, 0.15) is 49.8 Å². The van der Waals surface area contributed by atoms with Crippen LogP contribution in [0.4, 0.5) is 0 Å². The molecule has 0 saturated carbocycles. The van der Waals surface area contributed by atoms with Gasteiger partial charge in [0.15, 0.2) is 0 Å². The number of piperidine rings is 1. The van der Waals surface area contributed by atoms with Crippen molar-refractivity contribution >= 4 is 11.9 Å². The van der Waals surface area contributed by atoms with Gasteiger partial charge in [-0.3, -0.25) is 14.7 Å². The fraction of sp³-hybridized carbons (Fsp3) is 0.688. The smallest absolute Gasteiger partial charge is 0.305 e. The number of hydrogen-bond donors (Lipinski definition) is 1. The number of aromatic nitrogens is 2. The van der Waals surface area contributed by atoms with Crippen molar-refractivity contribution in [3.8, 4) is 0 Å². The lowest BCUT2D eigenvalue weighted by atomic mass is 9.77. The van der Waals surface area contributed by atoms with Crippen LogP contribution in [0.15, 0.2) is 6.20 Å². The predicted octanol–water partition coefficient (Wildman–Crippen LogP) is 1.56. The van der Waals surface area contributed by atoms with Crippen molar-refractivity contribution in [3.63, 3.8) is 0 Å². The van der Waals surface area contributed by atoms with Gasteiger partial charge in [0, 0.05) is 37.0 Å². The number of carbonyl (C=O) groups excluding carboxylic acids is 2. The number of carbonyl (C=O) groups is 2. The van der Waals surface area contributed by atoms with Crippen LogP contribution in [-0.4, -0.2) is 47.2 Å². The van der Waals surface area contributed by atoms with Crippen LogP contribution < -0.4 is 0 Å². The van der Waals surface area contributed by atoms with Crippen LogP contribution in [0, 0.1) is 0 Å². The van der Waals surface area contributed by atoms with Gasteiger partial charge >= 0.3 is 5.97 Å². The highest BCUT2D eigenvalue weighted by Crippen LogP contribution is 2.43. The molecule has 1 fully saturated rings. The summed E-state index contributed by atoms with van der Waals surface area (Å²) in [5.41, 5.74) is 2.61. The molecule has 1 aromatic rings. The van der Waals surface area contributed by atoms with E-state index in [2.05, 4.69) is 14.9 Å². The number of H-pyrrole nitrogens is 1. The van der Waals surface area contributed by atoms with E-state index in [0.29, 0.717) is 19.3 Å². The van der Waals surface area contributed by atoms with E-state index < -0.39 is 0 Å². The molecule has 1 atom stereocenters. The number of ether oxygens (including phenoxy) is 1. The molecule has 0 radical (unpaired) electrons. The first-order valence-electron chi connectivity index (χ1n) is 8.02. The summed E-state index contributed by atoms with van der Waals surface area (Å²) in [4.78, 5) is 25.5. The maximum Gasteiger partial charge on any atom is 0.305 e. The average molecular weight is 305 g/mol. The first-order valence-corrected chi connectivity index (χ1v) is 8.02. The first-order chi connectivity index (χ1) is 10.6. The van der Waals surface area contributed by atoms with Crippen molar-refractivity contribution < 1.29 is 14.3 Å². The standard InChI is InChI=1S/C16H23N3O3/c1-22-14(21)5-2-4-13(20)19-9-3-7-16(11-19)8-6-12-10-17-18-15(12)16/h10H,2-9,11H2,1H3,(H,17,18). The minimum absolute atomic E-state index is 0.0715. The van der Waals surface area contributed by atoms with Gasteiger partial charge in [-0.1, -0.05) is 0 Å². The number of nitrogens with one attached hydrogen (secondary N) is 1. The largest absolute Gasteiger partial charge is 0.469 e. The zero-order valence-corrected chi connectivity index (χ0v) is 13.1. The Morgan fingerprint density at radius 3 is 3.09 bits per heavy atom. The molecule has 1 aromatic heterocycles. The molecule has 0 aromatic carbocycles. The Balaban J connectivity index is 1.60. The van der Waals surface area contributed by atoms with Gasteiger partial charge in [-0.2, -0.15) is 5.10 Å². The van der Waals surface area contributed by atoms with Crippen LogP contribution >= 0.6 is 0 Å². The number of aryl methyl sites for hydroxylation is 1. The van der Waals surface area contributed by atoms with E-state index in [1.807, 2.05) is 11.1 Å². The van der Waals surface area contributed by atoms with Crippen molar-refractivity contribution in [2.75, 3.05) is 20.2 Å². The molecule has 120 valence electrons. The molecule has 1 N–H and O–H groups in total. The highest BCUT2D eigenvalue weighted by Gasteiger charge is 2.44. The molecular weight excluding hydrogens is 282 g/mol. The second-order valence-corrected chi connectivity index (χ2v) is 6.40. The molecule has 1 aliphatic heterocycles. The zero-order chi connectivity index (χ0) is 15.6. The zero-order valence-electron chi connectivity index (χ0n) is 13.1.